The molecule has 0 spiro atoms. The Balaban J connectivity index is 0.00000420. The van der Waals surface area contributed by atoms with Gasteiger partial charge in [0.15, 0.2) is 5.96 Å². The maximum atomic E-state index is 5.87. The molecular weight excluding hydrogens is 481 g/mol. The summed E-state index contributed by atoms with van der Waals surface area (Å²) < 4.78 is 11.0. The fourth-order valence-corrected chi connectivity index (χ4v) is 2.51. The maximum Gasteiger partial charge on any atom is 0.191 e. The number of ether oxygens (including phenoxy) is 2. The molecule has 0 bridgehead atoms. The van der Waals surface area contributed by atoms with Gasteiger partial charge in [-0.15, -0.1) is 24.0 Å². The number of halogens is 1. The molecule has 0 aliphatic rings. The van der Waals surface area contributed by atoms with Gasteiger partial charge in [-0.1, -0.05) is 18.2 Å². The Morgan fingerprint density at radius 2 is 1.86 bits per heavy atom. The van der Waals surface area contributed by atoms with Crippen LogP contribution in [0, 0.1) is 0 Å². The van der Waals surface area contributed by atoms with E-state index in [1.54, 1.807) is 20.4 Å². The van der Waals surface area contributed by atoms with E-state index in [-0.39, 0.29) is 24.0 Å². The Morgan fingerprint density at radius 3 is 2.59 bits per heavy atom. The summed E-state index contributed by atoms with van der Waals surface area (Å²) in [6, 6.07) is 14.0. The summed E-state index contributed by atoms with van der Waals surface area (Å²) >= 11 is 0. The lowest BCUT2D eigenvalue weighted by Crippen LogP contribution is -2.36. The standard InChI is InChI=1S/C21H31N5O2.HI/c1-22-21(25-17-19-8-4-5-10-23-19)24-16-18-7-6-9-20(15-18)28-14-12-26(2)11-13-27-3;/h4-10,15H,11-14,16-17H2,1-3H3,(H2,22,24,25);1H. The smallest absolute Gasteiger partial charge is 0.191 e. The largest absolute Gasteiger partial charge is 0.492 e. The Hall–Kier alpha value is -1.91. The van der Waals surface area contributed by atoms with Crippen molar-refractivity contribution in [2.24, 2.45) is 4.99 Å². The van der Waals surface area contributed by atoms with Gasteiger partial charge in [-0.25, -0.2) is 0 Å². The maximum absolute atomic E-state index is 5.87. The molecule has 1 heterocycles. The molecule has 160 valence electrons. The monoisotopic (exact) mass is 513 g/mol. The third kappa shape index (κ3) is 10.4. The van der Waals surface area contributed by atoms with Crippen LogP contribution in [0.25, 0.3) is 0 Å². The normalized spacial score (nSPS) is 11.1. The van der Waals surface area contributed by atoms with E-state index in [2.05, 4.69) is 38.6 Å². The molecule has 0 saturated heterocycles. The number of aliphatic imine (C=N–C) groups is 1. The number of methoxy groups -OCH3 is 1. The number of rotatable bonds is 11. The quantitative estimate of drug-likeness (QED) is 0.274. The molecule has 0 amide bonds. The van der Waals surface area contributed by atoms with Crippen LogP contribution >= 0.6 is 24.0 Å². The molecule has 2 rings (SSSR count). The van der Waals surface area contributed by atoms with Crippen molar-refractivity contribution >= 4 is 29.9 Å². The van der Waals surface area contributed by atoms with E-state index >= 15 is 0 Å². The second kappa shape index (κ2) is 15.0. The fourth-order valence-electron chi connectivity index (χ4n) is 2.51. The molecule has 0 atom stereocenters. The van der Waals surface area contributed by atoms with E-state index in [0.29, 0.717) is 19.7 Å². The van der Waals surface area contributed by atoms with Gasteiger partial charge in [0, 0.05) is 40.0 Å². The highest BCUT2D eigenvalue weighted by Gasteiger charge is 2.02. The first kappa shape index (κ1) is 25.1. The molecule has 0 radical (unpaired) electrons. The lowest BCUT2D eigenvalue weighted by molar-refractivity contribution is 0.150. The summed E-state index contributed by atoms with van der Waals surface area (Å²) in [5.74, 6) is 1.60. The number of hydrogen-bond donors (Lipinski definition) is 2. The van der Waals surface area contributed by atoms with E-state index < -0.39 is 0 Å². The highest BCUT2D eigenvalue weighted by atomic mass is 127. The Kier molecular flexibility index (Phi) is 13.0. The number of nitrogens with zero attached hydrogens (tertiary/aromatic N) is 3. The van der Waals surface area contributed by atoms with Crippen molar-refractivity contribution in [3.05, 3.63) is 59.9 Å². The summed E-state index contributed by atoms with van der Waals surface area (Å²) in [6.07, 6.45) is 1.79. The van der Waals surface area contributed by atoms with Crippen LogP contribution in [0.4, 0.5) is 0 Å². The zero-order valence-electron chi connectivity index (χ0n) is 17.4. The Bertz CT molecular complexity index is 715. The number of nitrogens with one attached hydrogen (secondary N) is 2. The zero-order chi connectivity index (χ0) is 20.0. The van der Waals surface area contributed by atoms with E-state index in [4.69, 9.17) is 9.47 Å². The highest BCUT2D eigenvalue weighted by molar-refractivity contribution is 14.0. The van der Waals surface area contributed by atoms with Crippen LogP contribution in [-0.2, 0) is 17.8 Å². The predicted octanol–water partition coefficient (Wildman–Crippen LogP) is 2.52. The van der Waals surface area contributed by atoms with Crippen LogP contribution in [0.1, 0.15) is 11.3 Å². The molecule has 7 nitrogen and oxygen atoms in total. The SMILES string of the molecule is CN=C(NCc1cccc(OCCN(C)CCOC)c1)NCc1ccccn1.I. The second-order valence-electron chi connectivity index (χ2n) is 6.39. The third-order valence-electron chi connectivity index (χ3n) is 4.16. The highest BCUT2D eigenvalue weighted by Crippen LogP contribution is 2.13. The van der Waals surface area contributed by atoms with E-state index in [9.17, 15) is 0 Å². The van der Waals surface area contributed by atoms with Gasteiger partial charge in [0.2, 0.25) is 0 Å². The number of aromatic nitrogens is 1. The van der Waals surface area contributed by atoms with Crippen molar-refractivity contribution in [3.8, 4) is 5.75 Å². The van der Waals surface area contributed by atoms with Crippen LogP contribution in [0.5, 0.6) is 5.75 Å². The first-order chi connectivity index (χ1) is 13.7. The van der Waals surface area contributed by atoms with Gasteiger partial charge in [0.1, 0.15) is 12.4 Å². The number of hydrogen-bond acceptors (Lipinski definition) is 5. The van der Waals surface area contributed by atoms with Crippen LogP contribution in [-0.4, -0.2) is 63.4 Å². The summed E-state index contributed by atoms with van der Waals surface area (Å²) in [5, 5.41) is 6.58. The first-order valence-corrected chi connectivity index (χ1v) is 9.45. The average Bonchev–Trinajstić information content (AvgIpc) is 2.73. The van der Waals surface area contributed by atoms with Gasteiger partial charge in [-0.3, -0.25) is 9.98 Å². The van der Waals surface area contributed by atoms with E-state index in [0.717, 1.165) is 42.7 Å². The van der Waals surface area contributed by atoms with Gasteiger partial charge < -0.3 is 25.0 Å². The van der Waals surface area contributed by atoms with Crippen molar-refractivity contribution in [3.63, 3.8) is 0 Å². The third-order valence-corrected chi connectivity index (χ3v) is 4.16. The number of guanidine groups is 1. The van der Waals surface area contributed by atoms with Crippen LogP contribution in [0.15, 0.2) is 53.7 Å². The van der Waals surface area contributed by atoms with Gasteiger partial charge in [-0.2, -0.15) is 0 Å². The molecule has 0 saturated carbocycles. The van der Waals surface area contributed by atoms with Crippen LogP contribution in [0.2, 0.25) is 0 Å². The molecule has 2 N–H and O–H groups in total. The molecule has 29 heavy (non-hydrogen) atoms. The molecule has 1 aromatic carbocycles. The van der Waals surface area contributed by atoms with Gasteiger partial charge in [0.05, 0.1) is 18.8 Å². The molecule has 1 aromatic heterocycles. The molecule has 0 fully saturated rings. The molecule has 0 aliphatic carbocycles. The van der Waals surface area contributed by atoms with Gasteiger partial charge in [0.25, 0.3) is 0 Å². The lowest BCUT2D eigenvalue weighted by Gasteiger charge is -2.16. The molecule has 0 aliphatic heterocycles. The summed E-state index contributed by atoms with van der Waals surface area (Å²) in [7, 11) is 5.53. The zero-order valence-corrected chi connectivity index (χ0v) is 19.8. The first-order valence-electron chi connectivity index (χ1n) is 9.45. The Labute approximate surface area is 190 Å². The molecule has 2 aromatic rings. The van der Waals surface area contributed by atoms with Crippen molar-refractivity contribution < 1.29 is 9.47 Å². The molecular formula is C21H32IN5O2. The topological polar surface area (TPSA) is 71.0 Å². The van der Waals surface area contributed by atoms with Gasteiger partial charge in [-0.05, 0) is 36.9 Å². The number of benzene rings is 1. The fraction of sp³-hybridized carbons (Fsp3) is 0.429. The minimum Gasteiger partial charge on any atom is -0.492 e. The number of pyridine rings is 1. The van der Waals surface area contributed by atoms with E-state index in [1.807, 2.05) is 36.4 Å². The summed E-state index contributed by atoms with van der Waals surface area (Å²) in [6.45, 7) is 4.41. The summed E-state index contributed by atoms with van der Waals surface area (Å²) in [4.78, 5) is 10.7. The van der Waals surface area contributed by atoms with Crippen LogP contribution in [0.3, 0.4) is 0 Å². The average molecular weight is 513 g/mol. The minimum atomic E-state index is 0. The van der Waals surface area contributed by atoms with Crippen molar-refractivity contribution in [1.29, 1.82) is 0 Å². The van der Waals surface area contributed by atoms with Crippen molar-refractivity contribution in [2.45, 2.75) is 13.1 Å². The minimum absolute atomic E-state index is 0. The lowest BCUT2D eigenvalue weighted by atomic mass is 10.2. The Morgan fingerprint density at radius 1 is 1.07 bits per heavy atom. The molecule has 0 unspecified atom stereocenters. The number of likely N-dealkylation sites (N-methyl/N-ethyl adjacent to an activating group) is 1. The molecule has 8 heteroatoms. The second-order valence-corrected chi connectivity index (χ2v) is 6.39. The van der Waals surface area contributed by atoms with Gasteiger partial charge >= 0.3 is 0 Å². The summed E-state index contributed by atoms with van der Waals surface area (Å²) in [5.41, 5.74) is 2.10. The van der Waals surface area contributed by atoms with Crippen LogP contribution < -0.4 is 15.4 Å². The van der Waals surface area contributed by atoms with E-state index in [1.165, 1.54) is 0 Å². The predicted molar refractivity (Wildman–Crippen MR) is 128 cm³/mol. The van der Waals surface area contributed by atoms with Crippen molar-refractivity contribution in [2.75, 3.05) is 47.5 Å². The van der Waals surface area contributed by atoms with Crippen molar-refractivity contribution in [1.82, 2.24) is 20.5 Å².